The molecule has 0 saturated carbocycles. The molecule has 2 nitrogen and oxygen atoms in total. The molecule has 0 aliphatic carbocycles. The third-order valence-corrected chi connectivity index (χ3v) is 3.96. The van der Waals surface area contributed by atoms with Gasteiger partial charge in [0.15, 0.2) is 0 Å². The molecule has 108 valence electrons. The van der Waals surface area contributed by atoms with Crippen LogP contribution in [0.15, 0.2) is 0 Å². The summed E-state index contributed by atoms with van der Waals surface area (Å²) < 4.78 is 0. The average molecular weight is 254 g/mol. The number of nitrogens with one attached hydrogen (secondary N) is 1. The van der Waals surface area contributed by atoms with Gasteiger partial charge in [0.1, 0.15) is 0 Å². The van der Waals surface area contributed by atoms with Crippen molar-refractivity contribution in [2.75, 3.05) is 26.2 Å². The molecule has 1 aliphatic heterocycles. The van der Waals surface area contributed by atoms with Gasteiger partial charge >= 0.3 is 0 Å². The zero-order chi connectivity index (χ0) is 13.8. The van der Waals surface area contributed by atoms with Crippen molar-refractivity contribution in [3.8, 4) is 0 Å². The molecule has 1 N–H and O–H groups in total. The van der Waals surface area contributed by atoms with Crippen molar-refractivity contribution in [2.24, 2.45) is 17.3 Å². The van der Waals surface area contributed by atoms with Gasteiger partial charge in [-0.1, -0.05) is 41.5 Å². The summed E-state index contributed by atoms with van der Waals surface area (Å²) >= 11 is 0. The fourth-order valence-electron chi connectivity index (χ4n) is 2.81. The van der Waals surface area contributed by atoms with Gasteiger partial charge in [-0.2, -0.15) is 0 Å². The molecule has 0 amide bonds. The van der Waals surface area contributed by atoms with Gasteiger partial charge in [0.25, 0.3) is 0 Å². The summed E-state index contributed by atoms with van der Waals surface area (Å²) in [5.74, 6) is 1.67. The molecule has 0 bridgehead atoms. The third kappa shape index (κ3) is 5.71. The van der Waals surface area contributed by atoms with Crippen molar-refractivity contribution in [1.82, 2.24) is 10.2 Å². The van der Waals surface area contributed by atoms with Gasteiger partial charge in [-0.25, -0.2) is 0 Å². The van der Waals surface area contributed by atoms with E-state index < -0.39 is 0 Å². The first-order valence-electron chi connectivity index (χ1n) is 7.77. The number of hydrogen-bond donors (Lipinski definition) is 1. The molecular weight excluding hydrogens is 220 g/mol. The topological polar surface area (TPSA) is 15.3 Å². The number of rotatable bonds is 5. The normalized spacial score (nSPS) is 26.8. The molecule has 0 aromatic heterocycles. The van der Waals surface area contributed by atoms with Crippen molar-refractivity contribution in [1.29, 1.82) is 0 Å². The van der Waals surface area contributed by atoms with Gasteiger partial charge in [-0.15, -0.1) is 0 Å². The highest BCUT2D eigenvalue weighted by atomic mass is 15.2. The lowest BCUT2D eigenvalue weighted by molar-refractivity contribution is 0.111. The Morgan fingerprint density at radius 1 is 1.22 bits per heavy atom. The van der Waals surface area contributed by atoms with Crippen molar-refractivity contribution in [2.45, 2.75) is 60.4 Å². The van der Waals surface area contributed by atoms with Crippen LogP contribution in [0.25, 0.3) is 0 Å². The predicted octanol–water partition coefficient (Wildman–Crippen LogP) is 3.38. The Hall–Kier alpha value is -0.0800. The molecule has 2 atom stereocenters. The Kier molecular flexibility index (Phi) is 6.13. The van der Waals surface area contributed by atoms with E-state index in [0.717, 1.165) is 18.4 Å². The van der Waals surface area contributed by atoms with Crippen LogP contribution in [-0.2, 0) is 0 Å². The maximum Gasteiger partial charge on any atom is 0.0198 e. The molecule has 1 rings (SSSR count). The minimum absolute atomic E-state index is 0.389. The highest BCUT2D eigenvalue weighted by Crippen LogP contribution is 2.24. The van der Waals surface area contributed by atoms with Gasteiger partial charge in [-0.05, 0) is 36.6 Å². The van der Waals surface area contributed by atoms with Crippen LogP contribution in [0.3, 0.4) is 0 Å². The first-order valence-corrected chi connectivity index (χ1v) is 7.77. The maximum atomic E-state index is 3.79. The molecule has 1 heterocycles. The van der Waals surface area contributed by atoms with Gasteiger partial charge < -0.3 is 10.2 Å². The minimum Gasteiger partial charge on any atom is -0.312 e. The summed E-state index contributed by atoms with van der Waals surface area (Å²) in [6.45, 7) is 18.9. The Bertz CT molecular complexity index is 230. The number of piperidine rings is 1. The van der Waals surface area contributed by atoms with Crippen LogP contribution in [0.1, 0.15) is 54.4 Å². The van der Waals surface area contributed by atoms with Crippen molar-refractivity contribution < 1.29 is 0 Å². The highest BCUT2D eigenvalue weighted by Gasteiger charge is 2.28. The van der Waals surface area contributed by atoms with E-state index in [1.54, 1.807) is 0 Å². The molecule has 0 spiro atoms. The van der Waals surface area contributed by atoms with Crippen LogP contribution in [0.4, 0.5) is 0 Å². The van der Waals surface area contributed by atoms with Gasteiger partial charge in [-0.3, -0.25) is 0 Å². The SMILES string of the molecule is CCCN1CC(NCC(C)(C)C)CC(C(C)C)C1. The molecule has 1 fully saturated rings. The van der Waals surface area contributed by atoms with E-state index in [9.17, 15) is 0 Å². The fourth-order valence-corrected chi connectivity index (χ4v) is 2.81. The molecule has 1 saturated heterocycles. The van der Waals surface area contributed by atoms with Gasteiger partial charge in [0.05, 0.1) is 0 Å². The fraction of sp³-hybridized carbons (Fsp3) is 1.00. The average Bonchev–Trinajstić information content (AvgIpc) is 2.25. The summed E-state index contributed by atoms with van der Waals surface area (Å²) in [6.07, 6.45) is 2.63. The summed E-state index contributed by atoms with van der Waals surface area (Å²) in [5, 5.41) is 3.79. The van der Waals surface area contributed by atoms with Crippen LogP contribution in [0.2, 0.25) is 0 Å². The zero-order valence-corrected chi connectivity index (χ0v) is 13.4. The standard InChI is InChI=1S/C16H34N2/c1-7-8-18-10-14(13(2)3)9-15(11-18)17-12-16(4,5)6/h13-15,17H,7-12H2,1-6H3. The van der Waals surface area contributed by atoms with E-state index in [4.69, 9.17) is 0 Å². The molecule has 2 heteroatoms. The lowest BCUT2D eigenvalue weighted by atomic mass is 9.85. The van der Waals surface area contributed by atoms with Crippen LogP contribution >= 0.6 is 0 Å². The van der Waals surface area contributed by atoms with Crippen molar-refractivity contribution >= 4 is 0 Å². The summed E-state index contributed by atoms with van der Waals surface area (Å²) in [6, 6.07) is 0.692. The van der Waals surface area contributed by atoms with E-state index in [0.29, 0.717) is 11.5 Å². The van der Waals surface area contributed by atoms with Crippen molar-refractivity contribution in [3.05, 3.63) is 0 Å². The van der Waals surface area contributed by atoms with E-state index >= 15 is 0 Å². The second-order valence-electron chi connectivity index (χ2n) is 7.64. The first-order chi connectivity index (χ1) is 8.31. The highest BCUT2D eigenvalue weighted by molar-refractivity contribution is 4.85. The molecule has 18 heavy (non-hydrogen) atoms. The Balaban J connectivity index is 2.50. The van der Waals surface area contributed by atoms with Crippen LogP contribution in [0.5, 0.6) is 0 Å². The quantitative estimate of drug-likeness (QED) is 0.809. The smallest absolute Gasteiger partial charge is 0.0198 e. The van der Waals surface area contributed by atoms with E-state index in [1.807, 2.05) is 0 Å². The van der Waals surface area contributed by atoms with Crippen LogP contribution in [-0.4, -0.2) is 37.1 Å². The monoisotopic (exact) mass is 254 g/mol. The number of hydrogen-bond acceptors (Lipinski definition) is 2. The van der Waals surface area contributed by atoms with Crippen LogP contribution in [0, 0.1) is 17.3 Å². The lowest BCUT2D eigenvalue weighted by Gasteiger charge is -2.40. The van der Waals surface area contributed by atoms with E-state index in [-0.39, 0.29) is 0 Å². The van der Waals surface area contributed by atoms with Gasteiger partial charge in [0, 0.05) is 25.7 Å². The molecule has 0 aromatic carbocycles. The van der Waals surface area contributed by atoms with E-state index in [1.165, 1.54) is 32.5 Å². The third-order valence-electron chi connectivity index (χ3n) is 3.96. The maximum absolute atomic E-state index is 3.79. The predicted molar refractivity (Wildman–Crippen MR) is 80.9 cm³/mol. The summed E-state index contributed by atoms with van der Waals surface area (Å²) in [5.41, 5.74) is 0.389. The number of likely N-dealkylation sites (tertiary alicyclic amines) is 1. The Morgan fingerprint density at radius 2 is 1.89 bits per heavy atom. The Morgan fingerprint density at radius 3 is 2.39 bits per heavy atom. The van der Waals surface area contributed by atoms with Crippen LogP contribution < -0.4 is 5.32 Å². The molecule has 1 aliphatic rings. The van der Waals surface area contributed by atoms with Gasteiger partial charge in [0.2, 0.25) is 0 Å². The molecular formula is C16H34N2. The second kappa shape index (κ2) is 6.91. The Labute approximate surface area is 115 Å². The number of nitrogens with zero attached hydrogens (tertiary/aromatic N) is 1. The molecule has 2 unspecified atom stereocenters. The largest absolute Gasteiger partial charge is 0.312 e. The second-order valence-corrected chi connectivity index (χ2v) is 7.64. The zero-order valence-electron chi connectivity index (χ0n) is 13.4. The molecule has 0 radical (unpaired) electrons. The molecule has 0 aromatic rings. The first kappa shape index (κ1) is 16.0. The minimum atomic E-state index is 0.389. The van der Waals surface area contributed by atoms with E-state index in [2.05, 4.69) is 51.8 Å². The lowest BCUT2D eigenvalue weighted by Crippen LogP contribution is -2.51. The summed E-state index contributed by atoms with van der Waals surface area (Å²) in [4.78, 5) is 2.66. The van der Waals surface area contributed by atoms with Crippen molar-refractivity contribution in [3.63, 3.8) is 0 Å². The summed E-state index contributed by atoms with van der Waals surface area (Å²) in [7, 11) is 0.